The molecule has 108 valence electrons. The van der Waals surface area contributed by atoms with E-state index in [2.05, 4.69) is 15.0 Å². The number of nitrogens with two attached hydrogens (primary N) is 1. The average Bonchev–Trinajstić information content (AvgIpc) is 2.35. The van der Waals surface area contributed by atoms with Gasteiger partial charge in [0.2, 0.25) is 0 Å². The van der Waals surface area contributed by atoms with Crippen LogP contribution in [0.4, 0.5) is 0 Å². The number of aryl methyl sites for hydroxylation is 1. The number of aromatic nitrogens is 3. The Balaban J connectivity index is 1.61. The Morgan fingerprint density at radius 3 is 2.05 bits per heavy atom. The summed E-state index contributed by atoms with van der Waals surface area (Å²) in [6, 6.07) is 0. The van der Waals surface area contributed by atoms with Crippen molar-refractivity contribution in [1.82, 2.24) is 15.0 Å². The molecule has 0 saturated heterocycles. The van der Waals surface area contributed by atoms with E-state index in [0.717, 1.165) is 41.6 Å². The Kier molecular flexibility index (Phi) is 2.85. The zero-order valence-electron chi connectivity index (χ0n) is 12.3. The fourth-order valence-corrected chi connectivity index (χ4v) is 5.61. The van der Waals surface area contributed by atoms with Crippen molar-refractivity contribution in [1.29, 1.82) is 0 Å². The van der Waals surface area contributed by atoms with Crippen molar-refractivity contribution < 1.29 is 0 Å². The van der Waals surface area contributed by atoms with Crippen LogP contribution in [0.2, 0.25) is 0 Å². The van der Waals surface area contributed by atoms with Crippen molar-refractivity contribution in [3.8, 4) is 0 Å². The molecule has 0 aromatic carbocycles. The Hall–Kier alpha value is -1.03. The van der Waals surface area contributed by atoms with Crippen LogP contribution in [0, 0.1) is 30.1 Å². The van der Waals surface area contributed by atoms with Crippen LogP contribution in [0.3, 0.4) is 0 Å². The van der Waals surface area contributed by atoms with E-state index in [1.807, 2.05) is 6.92 Å². The Labute approximate surface area is 120 Å². The lowest BCUT2D eigenvalue weighted by Crippen LogP contribution is -2.47. The molecule has 0 aliphatic heterocycles. The molecule has 0 unspecified atom stereocenters. The molecule has 0 spiro atoms. The van der Waals surface area contributed by atoms with Crippen LogP contribution in [-0.4, -0.2) is 15.0 Å². The van der Waals surface area contributed by atoms with Gasteiger partial charge in [-0.15, -0.1) is 0 Å². The van der Waals surface area contributed by atoms with Gasteiger partial charge in [-0.1, -0.05) is 0 Å². The summed E-state index contributed by atoms with van der Waals surface area (Å²) >= 11 is 0. The quantitative estimate of drug-likeness (QED) is 0.917. The topological polar surface area (TPSA) is 64.7 Å². The second-order valence-electron chi connectivity index (χ2n) is 7.51. The molecule has 5 rings (SSSR count). The van der Waals surface area contributed by atoms with Crippen molar-refractivity contribution in [2.45, 2.75) is 58.4 Å². The fourth-order valence-electron chi connectivity index (χ4n) is 5.61. The highest BCUT2D eigenvalue weighted by molar-refractivity contribution is 5.07. The average molecular weight is 272 g/mol. The largest absolute Gasteiger partial charge is 0.324 e. The van der Waals surface area contributed by atoms with Gasteiger partial charge in [-0.3, -0.25) is 0 Å². The number of rotatable bonds is 3. The Morgan fingerprint density at radius 2 is 1.50 bits per heavy atom. The molecule has 1 aromatic heterocycles. The first kappa shape index (κ1) is 12.7. The molecule has 4 heteroatoms. The van der Waals surface area contributed by atoms with E-state index in [9.17, 15) is 0 Å². The lowest BCUT2D eigenvalue weighted by Gasteiger charge is -2.56. The van der Waals surface area contributed by atoms with Crippen LogP contribution in [0.5, 0.6) is 0 Å². The predicted molar refractivity (Wildman–Crippen MR) is 76.8 cm³/mol. The smallest absolute Gasteiger partial charge is 0.146 e. The molecule has 20 heavy (non-hydrogen) atoms. The summed E-state index contributed by atoms with van der Waals surface area (Å²) in [7, 11) is 0. The van der Waals surface area contributed by atoms with Crippen molar-refractivity contribution in [3.05, 3.63) is 17.5 Å². The molecule has 4 bridgehead atoms. The molecule has 4 aliphatic carbocycles. The maximum Gasteiger partial charge on any atom is 0.146 e. The van der Waals surface area contributed by atoms with Gasteiger partial charge in [0.25, 0.3) is 0 Å². The molecular weight excluding hydrogens is 248 g/mol. The summed E-state index contributed by atoms with van der Waals surface area (Å²) in [6.45, 7) is 2.36. The lowest BCUT2D eigenvalue weighted by molar-refractivity contribution is -0.0532. The summed E-state index contributed by atoms with van der Waals surface area (Å²) in [5, 5.41) is 0. The second kappa shape index (κ2) is 4.48. The van der Waals surface area contributed by atoms with Crippen LogP contribution in [0.25, 0.3) is 0 Å². The number of hydrogen-bond donors (Lipinski definition) is 1. The maximum atomic E-state index is 5.70. The highest BCUT2D eigenvalue weighted by Gasteiger charge is 2.51. The van der Waals surface area contributed by atoms with Gasteiger partial charge in [0.1, 0.15) is 17.5 Å². The SMILES string of the molecule is Cc1nc(CN)nc(CC23CC4CC(CC(C4)C2)C3)n1. The van der Waals surface area contributed by atoms with Crippen LogP contribution in [-0.2, 0) is 13.0 Å². The van der Waals surface area contributed by atoms with Crippen molar-refractivity contribution >= 4 is 0 Å². The molecule has 0 amide bonds. The summed E-state index contributed by atoms with van der Waals surface area (Å²) in [4.78, 5) is 13.5. The van der Waals surface area contributed by atoms with Crippen molar-refractivity contribution in [2.75, 3.05) is 0 Å². The van der Waals surface area contributed by atoms with Crippen LogP contribution in [0.15, 0.2) is 0 Å². The lowest BCUT2D eigenvalue weighted by atomic mass is 9.49. The van der Waals surface area contributed by atoms with Gasteiger partial charge in [-0.05, 0) is 68.6 Å². The van der Waals surface area contributed by atoms with Gasteiger partial charge in [0, 0.05) is 6.42 Å². The molecule has 1 aromatic rings. The molecule has 2 N–H and O–H groups in total. The third-order valence-corrected chi connectivity index (χ3v) is 5.72. The molecule has 4 saturated carbocycles. The molecule has 4 fully saturated rings. The fraction of sp³-hybridized carbons (Fsp3) is 0.812. The van der Waals surface area contributed by atoms with Gasteiger partial charge >= 0.3 is 0 Å². The summed E-state index contributed by atoms with van der Waals surface area (Å²) in [5.41, 5.74) is 6.19. The number of hydrogen-bond acceptors (Lipinski definition) is 4. The van der Waals surface area contributed by atoms with Crippen LogP contribution in [0.1, 0.15) is 56.0 Å². The molecule has 0 atom stereocenters. The van der Waals surface area contributed by atoms with Gasteiger partial charge in [0.05, 0.1) is 6.54 Å². The highest BCUT2D eigenvalue weighted by Crippen LogP contribution is 2.60. The highest BCUT2D eigenvalue weighted by atomic mass is 15.0. The maximum absolute atomic E-state index is 5.70. The minimum absolute atomic E-state index is 0.414. The van der Waals surface area contributed by atoms with Crippen molar-refractivity contribution in [2.24, 2.45) is 28.9 Å². The Morgan fingerprint density at radius 1 is 0.950 bits per heavy atom. The van der Waals surface area contributed by atoms with Crippen LogP contribution >= 0.6 is 0 Å². The first-order chi connectivity index (χ1) is 9.64. The number of nitrogens with zero attached hydrogens (tertiary/aromatic N) is 3. The zero-order valence-corrected chi connectivity index (χ0v) is 12.3. The molecule has 0 radical (unpaired) electrons. The standard InChI is InChI=1S/C16H24N4/c1-10-18-14(20-15(9-17)19-10)8-16-5-11-2-12(6-16)4-13(3-11)7-16/h11-13H,2-9,17H2,1H3. The van der Waals surface area contributed by atoms with Crippen molar-refractivity contribution in [3.63, 3.8) is 0 Å². The van der Waals surface area contributed by atoms with Gasteiger partial charge in [-0.2, -0.15) is 0 Å². The second-order valence-corrected chi connectivity index (χ2v) is 7.51. The van der Waals surface area contributed by atoms with Gasteiger partial charge in [0.15, 0.2) is 0 Å². The molecular formula is C16H24N4. The normalized spacial score (nSPS) is 38.4. The van der Waals surface area contributed by atoms with E-state index in [4.69, 9.17) is 5.73 Å². The van der Waals surface area contributed by atoms with E-state index in [0.29, 0.717) is 12.0 Å². The summed E-state index contributed by atoms with van der Waals surface area (Å²) < 4.78 is 0. The summed E-state index contributed by atoms with van der Waals surface area (Å²) in [6.07, 6.45) is 9.73. The summed E-state index contributed by atoms with van der Waals surface area (Å²) in [5.74, 6) is 5.51. The third-order valence-electron chi connectivity index (χ3n) is 5.72. The van der Waals surface area contributed by atoms with E-state index >= 15 is 0 Å². The van der Waals surface area contributed by atoms with E-state index in [1.165, 1.54) is 38.5 Å². The zero-order chi connectivity index (χ0) is 13.7. The molecule has 4 aliphatic rings. The van der Waals surface area contributed by atoms with E-state index in [1.54, 1.807) is 0 Å². The monoisotopic (exact) mass is 272 g/mol. The Bertz CT molecular complexity index is 490. The minimum atomic E-state index is 0.414. The molecule has 1 heterocycles. The van der Waals surface area contributed by atoms with Gasteiger partial charge in [-0.25, -0.2) is 15.0 Å². The van der Waals surface area contributed by atoms with Gasteiger partial charge < -0.3 is 5.73 Å². The third kappa shape index (κ3) is 2.14. The van der Waals surface area contributed by atoms with E-state index in [-0.39, 0.29) is 0 Å². The first-order valence-corrected chi connectivity index (χ1v) is 8.05. The first-order valence-electron chi connectivity index (χ1n) is 8.05. The minimum Gasteiger partial charge on any atom is -0.324 e. The predicted octanol–water partition coefficient (Wildman–Crippen LogP) is 2.40. The van der Waals surface area contributed by atoms with Crippen LogP contribution < -0.4 is 5.73 Å². The van der Waals surface area contributed by atoms with E-state index < -0.39 is 0 Å². The molecule has 4 nitrogen and oxygen atoms in total.